The van der Waals surface area contributed by atoms with E-state index in [1.807, 2.05) is 112 Å². The summed E-state index contributed by atoms with van der Waals surface area (Å²) < 4.78 is 11.6. The van der Waals surface area contributed by atoms with Crippen LogP contribution < -0.4 is 15.0 Å². The predicted octanol–water partition coefficient (Wildman–Crippen LogP) is 8.56. The number of pyridine rings is 1. The van der Waals surface area contributed by atoms with Crippen molar-refractivity contribution in [3.05, 3.63) is 144 Å². The highest BCUT2D eigenvalue weighted by atomic mass is 16.6. The van der Waals surface area contributed by atoms with Crippen molar-refractivity contribution >= 4 is 23.4 Å². The Morgan fingerprint density at radius 3 is 2.16 bits per heavy atom. The quantitative estimate of drug-likeness (QED) is 0.174. The Morgan fingerprint density at radius 1 is 0.778 bits per heavy atom. The van der Waals surface area contributed by atoms with E-state index < -0.39 is 11.7 Å². The second-order valence-electron chi connectivity index (χ2n) is 11.5. The Balaban J connectivity index is 1.27. The number of ether oxygens (including phenoxy) is 2. The molecule has 7 nitrogen and oxygen atoms in total. The van der Waals surface area contributed by atoms with E-state index in [2.05, 4.69) is 10.3 Å². The molecule has 5 aromatic rings. The molecule has 0 atom stereocenters. The number of aromatic nitrogens is 1. The first-order valence-corrected chi connectivity index (χ1v) is 14.9. The summed E-state index contributed by atoms with van der Waals surface area (Å²) in [5.74, 6) is 0.520. The maximum absolute atomic E-state index is 13.5. The van der Waals surface area contributed by atoms with Crippen LogP contribution in [0.3, 0.4) is 0 Å². The molecule has 45 heavy (non-hydrogen) atoms. The van der Waals surface area contributed by atoms with E-state index in [1.165, 1.54) is 0 Å². The van der Waals surface area contributed by atoms with Crippen LogP contribution in [-0.2, 0) is 17.8 Å². The summed E-state index contributed by atoms with van der Waals surface area (Å²) in [7, 11) is 0. The van der Waals surface area contributed by atoms with Crippen LogP contribution in [0.5, 0.6) is 5.75 Å². The lowest BCUT2D eigenvalue weighted by Gasteiger charge is -2.27. The predicted molar refractivity (Wildman–Crippen MR) is 179 cm³/mol. The van der Waals surface area contributed by atoms with Crippen LogP contribution in [0.2, 0.25) is 0 Å². The highest BCUT2D eigenvalue weighted by molar-refractivity contribution is 6.08. The van der Waals surface area contributed by atoms with Gasteiger partial charge in [0, 0.05) is 41.8 Å². The van der Waals surface area contributed by atoms with E-state index in [1.54, 1.807) is 41.4 Å². The molecule has 0 aliphatic heterocycles. The molecule has 4 aromatic carbocycles. The number of carbonyl (C=O) groups is 2. The van der Waals surface area contributed by atoms with Crippen LogP contribution in [0.1, 0.15) is 42.4 Å². The minimum atomic E-state index is -0.642. The average Bonchev–Trinajstić information content (AvgIpc) is 3.05. The summed E-state index contributed by atoms with van der Waals surface area (Å²) in [5, 5.41) is 3.00. The van der Waals surface area contributed by atoms with Crippen molar-refractivity contribution in [2.24, 2.45) is 0 Å². The lowest BCUT2D eigenvalue weighted by atomic mass is 9.99. The van der Waals surface area contributed by atoms with Gasteiger partial charge in [-0.2, -0.15) is 0 Å². The lowest BCUT2D eigenvalue weighted by Crippen LogP contribution is -2.38. The molecule has 0 aliphatic rings. The molecule has 0 unspecified atom stereocenters. The van der Waals surface area contributed by atoms with Crippen molar-refractivity contribution in [1.29, 1.82) is 0 Å². The second-order valence-corrected chi connectivity index (χ2v) is 11.5. The van der Waals surface area contributed by atoms with Crippen LogP contribution >= 0.6 is 0 Å². The largest absolute Gasteiger partial charge is 0.489 e. The van der Waals surface area contributed by atoms with E-state index in [0.29, 0.717) is 36.5 Å². The van der Waals surface area contributed by atoms with Crippen molar-refractivity contribution in [3.8, 4) is 16.9 Å². The van der Waals surface area contributed by atoms with Crippen molar-refractivity contribution in [1.82, 2.24) is 4.98 Å². The van der Waals surface area contributed by atoms with Crippen LogP contribution in [0, 0.1) is 0 Å². The van der Waals surface area contributed by atoms with Gasteiger partial charge in [-0.3, -0.25) is 14.7 Å². The molecule has 1 aromatic heterocycles. The number of rotatable bonds is 10. The number of benzene rings is 4. The molecule has 228 valence electrons. The number of hydrogen-bond donors (Lipinski definition) is 1. The van der Waals surface area contributed by atoms with Crippen molar-refractivity contribution < 1.29 is 19.1 Å². The summed E-state index contributed by atoms with van der Waals surface area (Å²) in [6.45, 7) is 6.39. The molecule has 0 saturated carbocycles. The third-order valence-electron chi connectivity index (χ3n) is 6.95. The van der Waals surface area contributed by atoms with Crippen LogP contribution in [0.25, 0.3) is 11.1 Å². The third-order valence-corrected chi connectivity index (χ3v) is 6.95. The maximum Gasteiger partial charge on any atom is 0.414 e. The molecular formula is C38H37N3O4. The van der Waals surface area contributed by atoms with Crippen LogP contribution in [-0.4, -0.2) is 29.1 Å². The number of carbonyl (C=O) groups excluding carboxylic acids is 2. The standard InChI is InChI=1S/C38H37N3O4/c1-38(2,3)45-37(43)41(26-24-30-13-9-10-25-39-30)32-20-18-31(19-21-32)40-36(42)35-15-8-7-14-34(35)29-16-22-33(23-17-29)44-27-28-11-5-4-6-12-28/h4-23,25H,24,26-27H2,1-3H3,(H,40,42). The first kappa shape index (κ1) is 31.0. The van der Waals surface area contributed by atoms with Crippen LogP contribution in [0.4, 0.5) is 16.2 Å². The fraction of sp³-hybridized carbons (Fsp3) is 0.184. The van der Waals surface area contributed by atoms with E-state index >= 15 is 0 Å². The highest BCUT2D eigenvalue weighted by Gasteiger charge is 2.24. The number of anilines is 2. The van der Waals surface area contributed by atoms with E-state index in [4.69, 9.17) is 9.47 Å². The van der Waals surface area contributed by atoms with Gasteiger partial charge in [-0.1, -0.05) is 66.7 Å². The fourth-order valence-corrected chi connectivity index (χ4v) is 4.74. The minimum absolute atomic E-state index is 0.234. The Kier molecular flexibility index (Phi) is 9.90. The minimum Gasteiger partial charge on any atom is -0.489 e. The molecular weight excluding hydrogens is 562 g/mol. The smallest absolute Gasteiger partial charge is 0.414 e. The van der Waals surface area contributed by atoms with Gasteiger partial charge in [0.15, 0.2) is 0 Å². The summed E-state index contributed by atoms with van der Waals surface area (Å²) in [6, 6.07) is 38.1. The van der Waals surface area contributed by atoms with Crippen LogP contribution in [0.15, 0.2) is 128 Å². The molecule has 0 bridgehead atoms. The molecule has 7 heteroatoms. The first-order valence-electron chi connectivity index (χ1n) is 14.9. The monoisotopic (exact) mass is 599 g/mol. The molecule has 1 heterocycles. The van der Waals surface area contributed by atoms with E-state index in [9.17, 15) is 9.59 Å². The summed E-state index contributed by atoms with van der Waals surface area (Å²) >= 11 is 0. The van der Waals surface area contributed by atoms with E-state index in [-0.39, 0.29) is 5.91 Å². The van der Waals surface area contributed by atoms with Gasteiger partial charge >= 0.3 is 6.09 Å². The Labute approximate surface area is 264 Å². The van der Waals surface area contributed by atoms with Gasteiger partial charge in [-0.25, -0.2) is 4.79 Å². The number of nitrogens with one attached hydrogen (secondary N) is 1. The molecule has 0 fully saturated rings. The third kappa shape index (κ3) is 8.80. The van der Waals surface area contributed by atoms with Gasteiger partial charge in [0.2, 0.25) is 0 Å². The van der Waals surface area contributed by atoms with Gasteiger partial charge in [0.1, 0.15) is 18.0 Å². The van der Waals surface area contributed by atoms with E-state index in [0.717, 1.165) is 28.1 Å². The normalized spacial score (nSPS) is 11.0. The summed E-state index contributed by atoms with van der Waals surface area (Å²) in [5.41, 5.74) is 4.87. The Hall–Kier alpha value is -5.43. The van der Waals surface area contributed by atoms with Gasteiger partial charge < -0.3 is 14.8 Å². The molecule has 1 N–H and O–H groups in total. The lowest BCUT2D eigenvalue weighted by molar-refractivity contribution is 0.0580. The van der Waals surface area contributed by atoms with Crippen molar-refractivity contribution in [2.45, 2.75) is 39.4 Å². The number of amides is 2. The SMILES string of the molecule is CC(C)(C)OC(=O)N(CCc1ccccn1)c1ccc(NC(=O)c2ccccc2-c2ccc(OCc3ccccc3)cc2)cc1. The second kappa shape index (κ2) is 14.4. The topological polar surface area (TPSA) is 80.8 Å². The van der Waals surface area contributed by atoms with Gasteiger partial charge in [-0.15, -0.1) is 0 Å². The zero-order valence-electron chi connectivity index (χ0n) is 25.8. The maximum atomic E-state index is 13.5. The first-order chi connectivity index (χ1) is 21.7. The molecule has 0 aliphatic carbocycles. The molecule has 0 spiro atoms. The zero-order chi connectivity index (χ0) is 31.6. The fourth-order valence-electron chi connectivity index (χ4n) is 4.74. The Bertz CT molecular complexity index is 1700. The highest BCUT2D eigenvalue weighted by Crippen LogP contribution is 2.28. The molecule has 0 radical (unpaired) electrons. The van der Waals surface area contributed by atoms with Gasteiger partial charge in [0.05, 0.1) is 0 Å². The van der Waals surface area contributed by atoms with Gasteiger partial charge in [-0.05, 0) is 92.1 Å². The molecule has 0 saturated heterocycles. The zero-order valence-corrected chi connectivity index (χ0v) is 25.8. The summed E-state index contributed by atoms with van der Waals surface area (Å²) in [6.07, 6.45) is 1.86. The molecule has 2 amide bonds. The number of hydrogen-bond acceptors (Lipinski definition) is 5. The van der Waals surface area contributed by atoms with Crippen molar-refractivity contribution in [3.63, 3.8) is 0 Å². The average molecular weight is 600 g/mol. The molecule has 5 rings (SSSR count). The van der Waals surface area contributed by atoms with Gasteiger partial charge in [0.25, 0.3) is 5.91 Å². The Morgan fingerprint density at radius 2 is 1.47 bits per heavy atom. The number of nitrogens with zero attached hydrogens (tertiary/aromatic N) is 2. The summed E-state index contributed by atoms with van der Waals surface area (Å²) in [4.78, 5) is 32.5. The van der Waals surface area contributed by atoms with Crippen molar-refractivity contribution in [2.75, 3.05) is 16.8 Å².